The summed E-state index contributed by atoms with van der Waals surface area (Å²) in [7, 11) is 0. The summed E-state index contributed by atoms with van der Waals surface area (Å²) in [6.45, 7) is 0. The molecule has 1 fully saturated rings. The largest absolute Gasteiger partial charge is 0.385 e. The van der Waals surface area contributed by atoms with E-state index in [0.29, 0.717) is 16.4 Å². The molecule has 0 unspecified atom stereocenters. The summed E-state index contributed by atoms with van der Waals surface area (Å²) in [4.78, 5) is 3.91. The van der Waals surface area contributed by atoms with Gasteiger partial charge in [-0.05, 0) is 25.3 Å². The van der Waals surface area contributed by atoms with Crippen molar-refractivity contribution < 1.29 is 5.11 Å². The van der Waals surface area contributed by atoms with Crippen LogP contribution in [-0.4, -0.2) is 10.1 Å². The first-order chi connectivity index (χ1) is 6.12. The number of hydrogen-bond donors (Lipinski definition) is 2. The minimum atomic E-state index is -0.776. The van der Waals surface area contributed by atoms with Crippen LogP contribution in [0.1, 0.15) is 24.8 Å². The van der Waals surface area contributed by atoms with E-state index in [4.69, 9.17) is 17.3 Å². The Morgan fingerprint density at radius 2 is 2.23 bits per heavy atom. The lowest BCUT2D eigenvalue weighted by atomic mass is 9.75. The van der Waals surface area contributed by atoms with Gasteiger partial charge in [0.2, 0.25) is 0 Å². The summed E-state index contributed by atoms with van der Waals surface area (Å²) in [6, 6.07) is 1.70. The van der Waals surface area contributed by atoms with Gasteiger partial charge in [-0.25, -0.2) is 4.98 Å². The standard InChI is InChI=1S/C9H11ClN2O/c10-6-4-7(8(11)12-5-6)9(13)2-1-3-9/h4-5,13H,1-3H2,(H2,11,12). The Balaban J connectivity index is 2.43. The van der Waals surface area contributed by atoms with E-state index in [2.05, 4.69) is 4.98 Å². The molecule has 0 amide bonds. The second kappa shape index (κ2) is 2.86. The molecule has 0 atom stereocenters. The molecule has 1 aromatic heterocycles. The molecule has 0 bridgehead atoms. The van der Waals surface area contributed by atoms with Crippen molar-refractivity contribution in [1.82, 2.24) is 4.98 Å². The van der Waals surface area contributed by atoms with Crippen LogP contribution in [0.25, 0.3) is 0 Å². The van der Waals surface area contributed by atoms with Gasteiger partial charge >= 0.3 is 0 Å². The Kier molecular flexibility index (Phi) is 1.93. The van der Waals surface area contributed by atoms with Crippen molar-refractivity contribution in [3.63, 3.8) is 0 Å². The molecule has 3 N–H and O–H groups in total. The van der Waals surface area contributed by atoms with Crippen LogP contribution in [0.3, 0.4) is 0 Å². The highest BCUT2D eigenvalue weighted by Gasteiger charge is 2.38. The van der Waals surface area contributed by atoms with Gasteiger partial charge in [0.25, 0.3) is 0 Å². The fraction of sp³-hybridized carbons (Fsp3) is 0.444. The molecule has 1 aliphatic carbocycles. The fourth-order valence-electron chi connectivity index (χ4n) is 1.60. The van der Waals surface area contributed by atoms with Gasteiger partial charge in [0.05, 0.1) is 10.6 Å². The molecule has 4 heteroatoms. The van der Waals surface area contributed by atoms with Gasteiger partial charge in [-0.1, -0.05) is 11.6 Å². The second-order valence-electron chi connectivity index (χ2n) is 3.47. The first-order valence-corrected chi connectivity index (χ1v) is 4.63. The van der Waals surface area contributed by atoms with E-state index in [9.17, 15) is 5.11 Å². The summed E-state index contributed by atoms with van der Waals surface area (Å²) in [5.74, 6) is 0.381. The highest BCUT2D eigenvalue weighted by atomic mass is 35.5. The average Bonchev–Trinajstić information content (AvgIpc) is 2.05. The number of aromatic nitrogens is 1. The van der Waals surface area contributed by atoms with Crippen LogP contribution in [0, 0.1) is 0 Å². The maximum Gasteiger partial charge on any atom is 0.129 e. The second-order valence-corrected chi connectivity index (χ2v) is 3.91. The van der Waals surface area contributed by atoms with E-state index in [0.717, 1.165) is 19.3 Å². The quantitative estimate of drug-likeness (QED) is 0.722. The molecular formula is C9H11ClN2O. The smallest absolute Gasteiger partial charge is 0.129 e. The fourth-order valence-corrected chi connectivity index (χ4v) is 1.76. The topological polar surface area (TPSA) is 59.1 Å². The first-order valence-electron chi connectivity index (χ1n) is 4.26. The van der Waals surface area contributed by atoms with Gasteiger partial charge < -0.3 is 10.8 Å². The third kappa shape index (κ3) is 1.38. The lowest BCUT2D eigenvalue weighted by molar-refractivity contribution is -0.0383. The zero-order valence-electron chi connectivity index (χ0n) is 7.13. The van der Waals surface area contributed by atoms with E-state index in [1.54, 1.807) is 6.07 Å². The lowest BCUT2D eigenvalue weighted by Crippen LogP contribution is -2.34. The van der Waals surface area contributed by atoms with E-state index >= 15 is 0 Å². The Labute approximate surface area is 81.5 Å². The van der Waals surface area contributed by atoms with Crippen LogP contribution < -0.4 is 5.73 Å². The molecule has 70 valence electrons. The predicted octanol–water partition coefficient (Wildman–Crippen LogP) is 1.69. The Morgan fingerprint density at radius 3 is 2.77 bits per heavy atom. The third-order valence-electron chi connectivity index (χ3n) is 2.57. The number of anilines is 1. The molecule has 0 aromatic carbocycles. The van der Waals surface area contributed by atoms with E-state index in [1.807, 2.05) is 0 Å². The van der Waals surface area contributed by atoms with Crippen LogP contribution in [0.2, 0.25) is 5.02 Å². The van der Waals surface area contributed by atoms with Gasteiger partial charge in [0.1, 0.15) is 5.82 Å². The summed E-state index contributed by atoms with van der Waals surface area (Å²) in [5.41, 5.74) is 5.55. The highest BCUT2D eigenvalue weighted by molar-refractivity contribution is 6.30. The normalized spacial score (nSPS) is 19.5. The van der Waals surface area contributed by atoms with Crippen molar-refractivity contribution in [2.75, 3.05) is 5.73 Å². The molecule has 0 spiro atoms. The number of pyridine rings is 1. The number of nitrogens with zero attached hydrogens (tertiary/aromatic N) is 1. The van der Waals surface area contributed by atoms with Crippen LogP contribution in [0.5, 0.6) is 0 Å². The van der Waals surface area contributed by atoms with Gasteiger partial charge in [0, 0.05) is 11.8 Å². The van der Waals surface area contributed by atoms with Gasteiger partial charge in [-0.2, -0.15) is 0 Å². The summed E-state index contributed by atoms with van der Waals surface area (Å²) in [6.07, 6.45) is 4.02. The number of halogens is 1. The third-order valence-corrected chi connectivity index (χ3v) is 2.77. The molecular weight excluding hydrogens is 188 g/mol. The summed E-state index contributed by atoms with van der Waals surface area (Å²) < 4.78 is 0. The summed E-state index contributed by atoms with van der Waals surface area (Å²) in [5, 5.41) is 10.5. The van der Waals surface area contributed by atoms with Crippen molar-refractivity contribution in [2.45, 2.75) is 24.9 Å². The average molecular weight is 199 g/mol. The van der Waals surface area contributed by atoms with Crippen LogP contribution in [0.15, 0.2) is 12.3 Å². The van der Waals surface area contributed by atoms with Crippen molar-refractivity contribution in [3.8, 4) is 0 Å². The Bertz CT molecular complexity index is 336. The van der Waals surface area contributed by atoms with Gasteiger partial charge in [0.15, 0.2) is 0 Å². The molecule has 0 radical (unpaired) electrons. The van der Waals surface area contributed by atoms with Crippen molar-refractivity contribution in [2.24, 2.45) is 0 Å². The molecule has 0 saturated heterocycles. The first kappa shape index (κ1) is 8.78. The van der Waals surface area contributed by atoms with Crippen molar-refractivity contribution in [3.05, 3.63) is 22.8 Å². The number of hydrogen-bond acceptors (Lipinski definition) is 3. The van der Waals surface area contributed by atoms with Crippen molar-refractivity contribution >= 4 is 17.4 Å². The Morgan fingerprint density at radius 1 is 1.54 bits per heavy atom. The maximum atomic E-state index is 10.0. The zero-order chi connectivity index (χ0) is 9.47. The summed E-state index contributed by atoms with van der Waals surface area (Å²) >= 11 is 5.77. The SMILES string of the molecule is Nc1ncc(Cl)cc1C1(O)CCC1. The molecule has 0 aliphatic heterocycles. The lowest BCUT2D eigenvalue weighted by Gasteiger charge is -2.37. The van der Waals surface area contributed by atoms with Gasteiger partial charge in [-0.3, -0.25) is 0 Å². The molecule has 1 heterocycles. The van der Waals surface area contributed by atoms with Crippen LogP contribution >= 0.6 is 11.6 Å². The monoisotopic (exact) mass is 198 g/mol. The highest BCUT2D eigenvalue weighted by Crippen LogP contribution is 2.43. The van der Waals surface area contributed by atoms with Crippen molar-refractivity contribution in [1.29, 1.82) is 0 Å². The van der Waals surface area contributed by atoms with Crippen LogP contribution in [-0.2, 0) is 5.60 Å². The van der Waals surface area contributed by atoms with E-state index in [-0.39, 0.29) is 0 Å². The number of rotatable bonds is 1. The minimum absolute atomic E-state index is 0.381. The molecule has 3 nitrogen and oxygen atoms in total. The predicted molar refractivity (Wildman–Crippen MR) is 51.4 cm³/mol. The number of nitrogens with two attached hydrogens (primary N) is 1. The minimum Gasteiger partial charge on any atom is -0.385 e. The number of nitrogen functional groups attached to an aromatic ring is 1. The van der Waals surface area contributed by atoms with E-state index in [1.165, 1.54) is 6.20 Å². The van der Waals surface area contributed by atoms with Gasteiger partial charge in [-0.15, -0.1) is 0 Å². The molecule has 1 aromatic rings. The Hall–Kier alpha value is -0.800. The number of aliphatic hydroxyl groups is 1. The van der Waals surface area contributed by atoms with E-state index < -0.39 is 5.60 Å². The maximum absolute atomic E-state index is 10.0. The molecule has 1 saturated carbocycles. The zero-order valence-corrected chi connectivity index (χ0v) is 7.88. The van der Waals surface area contributed by atoms with Crippen LogP contribution in [0.4, 0.5) is 5.82 Å². The molecule has 1 aliphatic rings. The molecule has 13 heavy (non-hydrogen) atoms. The molecule has 2 rings (SSSR count).